The Morgan fingerprint density at radius 3 is 2.82 bits per heavy atom. The third kappa shape index (κ3) is 5.23. The van der Waals surface area contributed by atoms with Crippen LogP contribution in [0.3, 0.4) is 0 Å². The van der Waals surface area contributed by atoms with Crippen LogP contribution in [-0.4, -0.2) is 19.4 Å². The first kappa shape index (κ1) is 9.77. The van der Waals surface area contributed by atoms with Gasteiger partial charge in [0, 0.05) is 5.54 Å². The molecule has 0 unspecified atom stereocenters. The summed E-state index contributed by atoms with van der Waals surface area (Å²) < 4.78 is 4.67. The van der Waals surface area contributed by atoms with E-state index in [1.165, 1.54) is 18.9 Å². The van der Waals surface area contributed by atoms with Crippen molar-refractivity contribution in [2.75, 3.05) is 7.11 Å². The van der Waals surface area contributed by atoms with Gasteiger partial charge in [0.05, 0.1) is 13.3 Å². The number of nitrogens with one attached hydrogen (secondary N) is 1. The molecule has 0 radical (unpaired) electrons. The second-order valence-corrected chi connectivity index (χ2v) is 1.67. The van der Waals surface area contributed by atoms with Gasteiger partial charge in [-0.25, -0.2) is 10.2 Å². The Kier molecular flexibility index (Phi) is 4.93. The average Bonchev–Trinajstić information content (AvgIpc) is 1.98. The molecule has 3 N–H and O–H groups in total. The Bertz CT molecular complexity index is 190. The van der Waals surface area contributed by atoms with Crippen LogP contribution in [-0.2, 0) is 4.74 Å². The van der Waals surface area contributed by atoms with Crippen molar-refractivity contribution in [2.24, 2.45) is 10.8 Å². The van der Waals surface area contributed by atoms with E-state index < -0.39 is 6.03 Å². The molecule has 0 aromatic carbocycles. The molecule has 0 bridgehead atoms. The van der Waals surface area contributed by atoms with Crippen LogP contribution in [0.4, 0.5) is 4.79 Å². The highest BCUT2D eigenvalue weighted by atomic mass is 35.5. The molecule has 62 valence electrons. The standard InChI is InChI=1S/C5H8ClN3O2/c1-11-4(2-6)3-8-9-5(7)10/h2-3H,1H3,(H3,7,9,10)/b4-2-,8-3+. The summed E-state index contributed by atoms with van der Waals surface area (Å²) in [5, 5.41) is 3.39. The summed E-state index contributed by atoms with van der Waals surface area (Å²) in [7, 11) is 1.42. The summed E-state index contributed by atoms with van der Waals surface area (Å²) in [4.78, 5) is 10.1. The summed E-state index contributed by atoms with van der Waals surface area (Å²) in [6.45, 7) is 0. The number of urea groups is 1. The van der Waals surface area contributed by atoms with E-state index in [1.54, 1.807) is 0 Å². The molecular weight excluding hydrogens is 170 g/mol. The number of allylic oxidation sites excluding steroid dienone is 1. The Labute approximate surface area is 68.8 Å². The summed E-state index contributed by atoms with van der Waals surface area (Å²) in [6.07, 6.45) is 1.22. The lowest BCUT2D eigenvalue weighted by Crippen LogP contribution is -2.24. The number of methoxy groups -OCH3 is 1. The van der Waals surface area contributed by atoms with Crippen LogP contribution in [0.1, 0.15) is 0 Å². The van der Waals surface area contributed by atoms with Crippen molar-refractivity contribution in [3.05, 3.63) is 11.3 Å². The van der Waals surface area contributed by atoms with Gasteiger partial charge in [-0.05, 0) is 0 Å². The topological polar surface area (TPSA) is 76.7 Å². The van der Waals surface area contributed by atoms with E-state index in [1.807, 2.05) is 5.43 Å². The molecule has 0 saturated heterocycles. The van der Waals surface area contributed by atoms with Crippen molar-refractivity contribution in [1.29, 1.82) is 0 Å². The molecule has 0 atom stereocenters. The van der Waals surface area contributed by atoms with Gasteiger partial charge in [-0.15, -0.1) is 0 Å². The first-order valence-corrected chi connectivity index (χ1v) is 3.07. The molecule has 0 heterocycles. The van der Waals surface area contributed by atoms with Gasteiger partial charge in [0.1, 0.15) is 5.76 Å². The maximum Gasteiger partial charge on any atom is 0.332 e. The molecule has 0 aromatic heterocycles. The highest BCUT2D eigenvalue weighted by Crippen LogP contribution is 1.92. The van der Waals surface area contributed by atoms with Gasteiger partial charge < -0.3 is 10.5 Å². The molecule has 0 aliphatic rings. The van der Waals surface area contributed by atoms with E-state index in [-0.39, 0.29) is 0 Å². The summed E-state index contributed by atoms with van der Waals surface area (Å²) in [5.41, 5.74) is 7.85. The summed E-state index contributed by atoms with van der Waals surface area (Å²) >= 11 is 5.26. The highest BCUT2D eigenvalue weighted by Gasteiger charge is 1.88. The molecule has 0 aliphatic carbocycles. The molecule has 2 amide bonds. The van der Waals surface area contributed by atoms with Gasteiger partial charge in [-0.1, -0.05) is 11.6 Å². The van der Waals surface area contributed by atoms with Gasteiger partial charge in [-0.2, -0.15) is 5.10 Å². The van der Waals surface area contributed by atoms with Crippen LogP contribution >= 0.6 is 11.6 Å². The first-order chi connectivity index (χ1) is 5.20. The Balaban J connectivity index is 3.81. The third-order valence-electron chi connectivity index (χ3n) is 0.710. The van der Waals surface area contributed by atoms with Crippen LogP contribution in [0.25, 0.3) is 0 Å². The minimum absolute atomic E-state index is 0.320. The lowest BCUT2D eigenvalue weighted by Gasteiger charge is -1.95. The fourth-order valence-corrected chi connectivity index (χ4v) is 0.430. The second kappa shape index (κ2) is 5.55. The molecule has 11 heavy (non-hydrogen) atoms. The van der Waals surface area contributed by atoms with Crippen LogP contribution in [0.5, 0.6) is 0 Å². The first-order valence-electron chi connectivity index (χ1n) is 2.63. The monoisotopic (exact) mass is 177 g/mol. The number of hydrazone groups is 1. The number of hydrogen-bond acceptors (Lipinski definition) is 3. The van der Waals surface area contributed by atoms with Crippen molar-refractivity contribution < 1.29 is 9.53 Å². The number of ether oxygens (including phenoxy) is 1. The Morgan fingerprint density at radius 1 is 1.82 bits per heavy atom. The minimum Gasteiger partial charge on any atom is -0.494 e. The molecule has 0 rings (SSSR count). The lowest BCUT2D eigenvalue weighted by molar-refractivity contribution is 0.249. The van der Waals surface area contributed by atoms with Gasteiger partial charge >= 0.3 is 6.03 Å². The highest BCUT2D eigenvalue weighted by molar-refractivity contribution is 6.26. The van der Waals surface area contributed by atoms with Crippen molar-refractivity contribution in [3.8, 4) is 0 Å². The number of primary amides is 1. The van der Waals surface area contributed by atoms with Crippen molar-refractivity contribution in [1.82, 2.24) is 5.43 Å². The van der Waals surface area contributed by atoms with Crippen LogP contribution in [0.15, 0.2) is 16.4 Å². The zero-order valence-electron chi connectivity index (χ0n) is 5.87. The fourth-order valence-electron chi connectivity index (χ4n) is 0.285. The quantitative estimate of drug-likeness (QED) is 0.371. The zero-order chi connectivity index (χ0) is 8.69. The molecule has 0 aromatic rings. The molecule has 6 heteroatoms. The SMILES string of the molecule is COC(=C\Cl)/C=N/NC(N)=O. The number of nitrogens with zero attached hydrogens (tertiary/aromatic N) is 1. The van der Waals surface area contributed by atoms with Crippen LogP contribution in [0.2, 0.25) is 0 Å². The summed E-state index contributed by atoms with van der Waals surface area (Å²) in [5.74, 6) is 0.320. The van der Waals surface area contributed by atoms with Gasteiger partial charge in [-0.3, -0.25) is 0 Å². The third-order valence-corrected chi connectivity index (χ3v) is 0.925. The number of amides is 2. The number of halogens is 1. The van der Waals surface area contributed by atoms with Crippen molar-refractivity contribution >= 4 is 23.8 Å². The van der Waals surface area contributed by atoms with Gasteiger partial charge in [0.15, 0.2) is 0 Å². The van der Waals surface area contributed by atoms with Crippen molar-refractivity contribution in [2.45, 2.75) is 0 Å². The fraction of sp³-hybridized carbons (Fsp3) is 0.200. The van der Waals surface area contributed by atoms with Gasteiger partial charge in [0.2, 0.25) is 0 Å². The van der Waals surface area contributed by atoms with Crippen LogP contribution in [0, 0.1) is 0 Å². The zero-order valence-corrected chi connectivity index (χ0v) is 6.63. The maximum atomic E-state index is 10.1. The lowest BCUT2D eigenvalue weighted by atomic mass is 10.6. The van der Waals surface area contributed by atoms with Crippen LogP contribution < -0.4 is 11.2 Å². The predicted octanol–water partition coefficient (Wildman–Crippen LogP) is 0.367. The number of carbonyl (C=O) groups is 1. The van der Waals surface area contributed by atoms with E-state index in [0.717, 1.165) is 0 Å². The van der Waals surface area contributed by atoms with Crippen molar-refractivity contribution in [3.63, 3.8) is 0 Å². The number of rotatable bonds is 3. The normalized spacial score (nSPS) is 11.6. The van der Waals surface area contributed by atoms with E-state index in [2.05, 4.69) is 9.84 Å². The number of carbonyl (C=O) groups excluding carboxylic acids is 1. The average molecular weight is 178 g/mol. The van der Waals surface area contributed by atoms with E-state index in [4.69, 9.17) is 17.3 Å². The van der Waals surface area contributed by atoms with E-state index >= 15 is 0 Å². The molecule has 0 spiro atoms. The number of hydrogen-bond donors (Lipinski definition) is 2. The molecular formula is C5H8ClN3O2. The minimum atomic E-state index is -0.744. The van der Waals surface area contributed by atoms with E-state index in [0.29, 0.717) is 5.76 Å². The number of nitrogens with two attached hydrogens (primary N) is 1. The molecule has 0 saturated carbocycles. The van der Waals surface area contributed by atoms with E-state index in [9.17, 15) is 4.79 Å². The Morgan fingerprint density at radius 2 is 2.45 bits per heavy atom. The molecule has 5 nitrogen and oxygen atoms in total. The Hall–Kier alpha value is -1.23. The molecule has 0 fully saturated rings. The second-order valence-electron chi connectivity index (χ2n) is 1.45. The molecule has 0 aliphatic heterocycles. The van der Waals surface area contributed by atoms with Gasteiger partial charge in [0.25, 0.3) is 0 Å². The summed E-state index contributed by atoms with van der Waals surface area (Å²) in [6, 6.07) is -0.744. The smallest absolute Gasteiger partial charge is 0.332 e. The largest absolute Gasteiger partial charge is 0.494 e. The predicted molar refractivity (Wildman–Crippen MR) is 42.2 cm³/mol. The maximum absolute atomic E-state index is 10.1.